The molecule has 3 heterocycles. The summed E-state index contributed by atoms with van der Waals surface area (Å²) in [6.45, 7) is 1.42. The van der Waals surface area contributed by atoms with Gasteiger partial charge in [-0.3, -0.25) is 4.79 Å². The fourth-order valence-corrected chi connectivity index (χ4v) is 4.73. The average molecular weight is 324 g/mol. The quantitative estimate of drug-likeness (QED) is 0.841. The van der Waals surface area contributed by atoms with Gasteiger partial charge in [0.1, 0.15) is 0 Å². The van der Waals surface area contributed by atoms with Crippen LogP contribution in [0.25, 0.3) is 0 Å². The van der Waals surface area contributed by atoms with Crippen LogP contribution in [0.15, 0.2) is 18.5 Å². The largest absolute Gasteiger partial charge is 0.352 e. The van der Waals surface area contributed by atoms with E-state index in [1.807, 2.05) is 4.90 Å². The zero-order valence-corrected chi connectivity index (χ0v) is 13.1. The van der Waals surface area contributed by atoms with Gasteiger partial charge in [-0.2, -0.15) is 0 Å². The molecular formula is C14H20N4O3S. The minimum absolute atomic E-state index is 0.0530. The van der Waals surface area contributed by atoms with E-state index in [2.05, 4.69) is 15.3 Å². The van der Waals surface area contributed by atoms with Crippen molar-refractivity contribution >= 4 is 21.7 Å². The van der Waals surface area contributed by atoms with Crippen molar-refractivity contribution < 1.29 is 13.2 Å². The van der Waals surface area contributed by atoms with Crippen LogP contribution in [0.1, 0.15) is 19.3 Å². The first kappa shape index (κ1) is 15.2. The van der Waals surface area contributed by atoms with Gasteiger partial charge in [-0.05, 0) is 25.3 Å². The molecule has 7 nitrogen and oxygen atoms in total. The Kier molecular flexibility index (Phi) is 4.28. The molecule has 0 bridgehead atoms. The molecule has 0 radical (unpaired) electrons. The summed E-state index contributed by atoms with van der Waals surface area (Å²) in [6.07, 6.45) is 5.62. The molecule has 2 atom stereocenters. The number of nitrogens with zero attached hydrogens (tertiary/aromatic N) is 3. The zero-order valence-electron chi connectivity index (χ0n) is 12.3. The summed E-state index contributed by atoms with van der Waals surface area (Å²) >= 11 is 0. The summed E-state index contributed by atoms with van der Waals surface area (Å²) in [4.78, 5) is 22.8. The van der Waals surface area contributed by atoms with E-state index in [0.717, 1.165) is 19.4 Å². The normalized spacial score (nSPS) is 27.5. The maximum absolute atomic E-state index is 12.4. The second-order valence-electron chi connectivity index (χ2n) is 5.94. The topological polar surface area (TPSA) is 92.3 Å². The summed E-state index contributed by atoms with van der Waals surface area (Å²) in [5.41, 5.74) is 0. The Morgan fingerprint density at radius 1 is 1.27 bits per heavy atom. The van der Waals surface area contributed by atoms with Gasteiger partial charge in [0, 0.05) is 31.5 Å². The Morgan fingerprint density at radius 2 is 2.05 bits per heavy atom. The first-order chi connectivity index (χ1) is 10.5. The predicted molar refractivity (Wildman–Crippen MR) is 82.2 cm³/mol. The number of nitrogens with one attached hydrogen (secondary N) is 1. The smallest absolute Gasteiger partial charge is 0.225 e. The van der Waals surface area contributed by atoms with Crippen LogP contribution in [-0.2, 0) is 14.6 Å². The van der Waals surface area contributed by atoms with Gasteiger partial charge in [0.2, 0.25) is 11.9 Å². The van der Waals surface area contributed by atoms with Crippen molar-refractivity contribution in [3.8, 4) is 0 Å². The highest BCUT2D eigenvalue weighted by molar-refractivity contribution is 7.91. The zero-order chi connectivity index (χ0) is 15.6. The molecule has 2 saturated heterocycles. The molecule has 22 heavy (non-hydrogen) atoms. The number of carbonyl (C=O) groups is 1. The lowest BCUT2D eigenvalue weighted by Crippen LogP contribution is -2.46. The molecular weight excluding hydrogens is 304 g/mol. The SMILES string of the molecule is O=C(N[C@@H]1CCS(=O)(=O)C1)[C@@H]1CCCN(c2ncccn2)C1. The standard InChI is InChI=1S/C14H20N4O3S/c19-13(17-12-4-8-22(20,21)10-12)11-3-1-7-18(9-11)14-15-5-2-6-16-14/h2,5-6,11-12H,1,3-4,7-10H2,(H,17,19)/t11-,12-/m1/s1. The number of sulfone groups is 1. The average Bonchev–Trinajstić information content (AvgIpc) is 2.87. The monoisotopic (exact) mass is 324 g/mol. The Morgan fingerprint density at radius 3 is 2.73 bits per heavy atom. The summed E-state index contributed by atoms with van der Waals surface area (Å²) < 4.78 is 22.9. The molecule has 0 spiro atoms. The first-order valence-electron chi connectivity index (χ1n) is 7.56. The second kappa shape index (κ2) is 6.20. The number of anilines is 1. The van der Waals surface area contributed by atoms with Gasteiger partial charge >= 0.3 is 0 Å². The number of aromatic nitrogens is 2. The Hall–Kier alpha value is -1.70. The third-order valence-corrected chi connectivity index (χ3v) is 5.97. The molecule has 0 aliphatic carbocycles. The maximum atomic E-state index is 12.4. The predicted octanol–water partition coefficient (Wildman–Crippen LogP) is -0.00370. The molecule has 8 heteroatoms. The van der Waals surface area contributed by atoms with Crippen LogP contribution in [0.5, 0.6) is 0 Å². The summed E-state index contributed by atoms with van der Waals surface area (Å²) in [5.74, 6) is 0.691. The third-order valence-electron chi connectivity index (χ3n) is 4.21. The molecule has 2 aliphatic heterocycles. The van der Waals surface area contributed by atoms with E-state index >= 15 is 0 Å². The highest BCUT2D eigenvalue weighted by Crippen LogP contribution is 2.21. The Balaban J connectivity index is 1.59. The third kappa shape index (κ3) is 3.55. The van der Waals surface area contributed by atoms with Crippen LogP contribution in [0.4, 0.5) is 5.95 Å². The first-order valence-corrected chi connectivity index (χ1v) is 9.38. The van der Waals surface area contributed by atoms with E-state index in [-0.39, 0.29) is 29.4 Å². The van der Waals surface area contributed by atoms with Crippen molar-refractivity contribution in [3.63, 3.8) is 0 Å². The number of rotatable bonds is 3. The highest BCUT2D eigenvalue weighted by Gasteiger charge is 2.32. The molecule has 3 rings (SSSR count). The van der Waals surface area contributed by atoms with Crippen molar-refractivity contribution in [2.75, 3.05) is 29.5 Å². The Labute approximate surface area is 130 Å². The Bertz CT molecular complexity index is 635. The number of amides is 1. The van der Waals surface area contributed by atoms with Crippen molar-refractivity contribution in [2.45, 2.75) is 25.3 Å². The molecule has 2 aliphatic rings. The number of hydrogen-bond donors (Lipinski definition) is 1. The van der Waals surface area contributed by atoms with E-state index in [4.69, 9.17) is 0 Å². The van der Waals surface area contributed by atoms with Gasteiger partial charge in [-0.25, -0.2) is 18.4 Å². The van der Waals surface area contributed by atoms with Crippen LogP contribution in [-0.4, -0.2) is 54.9 Å². The lowest BCUT2D eigenvalue weighted by Gasteiger charge is -2.32. The lowest BCUT2D eigenvalue weighted by atomic mass is 9.97. The van der Waals surface area contributed by atoms with Crippen molar-refractivity contribution in [2.24, 2.45) is 5.92 Å². The summed E-state index contributed by atoms with van der Waals surface area (Å²) in [7, 11) is -2.97. The number of piperidine rings is 1. The van der Waals surface area contributed by atoms with Gasteiger partial charge in [-0.1, -0.05) is 0 Å². The minimum atomic E-state index is -2.97. The molecule has 120 valence electrons. The molecule has 1 aromatic rings. The molecule has 2 fully saturated rings. The fraction of sp³-hybridized carbons (Fsp3) is 0.643. The van der Waals surface area contributed by atoms with E-state index in [1.54, 1.807) is 18.5 Å². The van der Waals surface area contributed by atoms with Crippen LogP contribution in [0.2, 0.25) is 0 Å². The van der Waals surface area contributed by atoms with Crippen LogP contribution >= 0.6 is 0 Å². The molecule has 0 unspecified atom stereocenters. The van der Waals surface area contributed by atoms with E-state index in [0.29, 0.717) is 18.9 Å². The maximum Gasteiger partial charge on any atom is 0.225 e. The van der Waals surface area contributed by atoms with Crippen LogP contribution in [0, 0.1) is 5.92 Å². The van der Waals surface area contributed by atoms with Crippen LogP contribution < -0.4 is 10.2 Å². The minimum Gasteiger partial charge on any atom is -0.352 e. The molecule has 0 saturated carbocycles. The molecule has 1 amide bonds. The number of carbonyl (C=O) groups excluding carboxylic acids is 1. The van der Waals surface area contributed by atoms with E-state index < -0.39 is 9.84 Å². The van der Waals surface area contributed by atoms with E-state index in [9.17, 15) is 13.2 Å². The number of hydrogen-bond acceptors (Lipinski definition) is 6. The molecule has 1 N–H and O–H groups in total. The summed E-state index contributed by atoms with van der Waals surface area (Å²) in [5, 5.41) is 2.89. The van der Waals surface area contributed by atoms with Gasteiger partial charge in [0.25, 0.3) is 0 Å². The lowest BCUT2D eigenvalue weighted by molar-refractivity contribution is -0.125. The van der Waals surface area contributed by atoms with Gasteiger partial charge < -0.3 is 10.2 Å². The van der Waals surface area contributed by atoms with Gasteiger partial charge in [-0.15, -0.1) is 0 Å². The van der Waals surface area contributed by atoms with Crippen molar-refractivity contribution in [3.05, 3.63) is 18.5 Å². The van der Waals surface area contributed by atoms with Gasteiger partial charge in [0.15, 0.2) is 9.84 Å². The molecule has 0 aromatic carbocycles. The van der Waals surface area contributed by atoms with Gasteiger partial charge in [0.05, 0.1) is 17.4 Å². The highest BCUT2D eigenvalue weighted by atomic mass is 32.2. The second-order valence-corrected chi connectivity index (χ2v) is 8.17. The van der Waals surface area contributed by atoms with Crippen molar-refractivity contribution in [1.82, 2.24) is 15.3 Å². The van der Waals surface area contributed by atoms with Crippen LogP contribution in [0.3, 0.4) is 0 Å². The summed E-state index contributed by atoms with van der Waals surface area (Å²) in [6, 6.07) is 1.53. The fourth-order valence-electron chi connectivity index (χ4n) is 3.06. The van der Waals surface area contributed by atoms with Crippen molar-refractivity contribution in [1.29, 1.82) is 0 Å². The molecule has 1 aromatic heterocycles. The van der Waals surface area contributed by atoms with E-state index in [1.165, 1.54) is 0 Å².